The molecule has 0 aliphatic heterocycles. The molecular formula is C29H43AlO2+2. The molecule has 2 nitrogen and oxygen atoms in total. The van der Waals surface area contributed by atoms with Crippen LogP contribution in [0.2, 0.25) is 0 Å². The molecule has 3 heteroatoms. The van der Waals surface area contributed by atoms with E-state index in [1.165, 1.54) is 22.3 Å². The minimum atomic E-state index is -0.510. The molecule has 0 saturated heterocycles. The summed E-state index contributed by atoms with van der Waals surface area (Å²) in [5.41, 5.74) is 4.62. The average molecular weight is 451 g/mol. The van der Waals surface area contributed by atoms with E-state index in [2.05, 4.69) is 136 Å². The van der Waals surface area contributed by atoms with Gasteiger partial charge in [-0.3, -0.25) is 0 Å². The number of para-hydroxylation sites is 2. The fraction of sp³-hybridized carbons (Fsp3) is 0.586. The zero-order valence-corrected chi connectivity index (χ0v) is 23.6. The Morgan fingerprint density at radius 2 is 0.719 bits per heavy atom. The van der Waals surface area contributed by atoms with Gasteiger partial charge < -0.3 is 0 Å². The number of hydrogen-bond donors (Lipinski definition) is 0. The summed E-state index contributed by atoms with van der Waals surface area (Å²) in [7, 11) is 0. The average Bonchev–Trinajstić information content (AvgIpc) is 2.58. The molecule has 2 aromatic carbocycles. The quantitative estimate of drug-likeness (QED) is 0.350. The van der Waals surface area contributed by atoms with Gasteiger partial charge in [-0.15, -0.1) is 0 Å². The van der Waals surface area contributed by atoms with Crippen LogP contribution in [0.15, 0.2) is 36.4 Å². The van der Waals surface area contributed by atoms with Gasteiger partial charge in [0.25, 0.3) is 0 Å². The molecule has 32 heavy (non-hydrogen) atoms. The van der Waals surface area contributed by atoms with Crippen molar-refractivity contribution in [3.63, 3.8) is 0 Å². The monoisotopic (exact) mass is 450 g/mol. The first-order valence-corrected chi connectivity index (χ1v) is 12.4. The maximum atomic E-state index is 6.61. The van der Waals surface area contributed by atoms with Gasteiger partial charge in [0, 0.05) is 0 Å². The molecule has 0 unspecified atom stereocenters. The van der Waals surface area contributed by atoms with Gasteiger partial charge in [-0.2, -0.15) is 0 Å². The third kappa shape index (κ3) is 6.33. The van der Waals surface area contributed by atoms with Crippen LogP contribution < -0.4 is 9.47 Å². The van der Waals surface area contributed by atoms with Crippen molar-refractivity contribution < 1.29 is 9.47 Å². The van der Waals surface area contributed by atoms with Crippen LogP contribution in [0.3, 0.4) is 0 Å². The fourth-order valence-electron chi connectivity index (χ4n) is 3.95. The molecule has 0 heterocycles. The summed E-state index contributed by atoms with van der Waals surface area (Å²) in [6, 6.07) is 13.0. The van der Waals surface area contributed by atoms with Crippen molar-refractivity contribution in [3.8, 4) is 11.5 Å². The summed E-state index contributed by atoms with van der Waals surface area (Å²) < 4.78 is 13.2. The molecule has 0 spiro atoms. The summed E-state index contributed by atoms with van der Waals surface area (Å²) in [6.07, 6.45) is 0. The predicted octanol–water partition coefficient (Wildman–Crippen LogP) is 7.79. The molecule has 0 atom stereocenters. The van der Waals surface area contributed by atoms with Gasteiger partial charge >= 0.3 is 206 Å². The van der Waals surface area contributed by atoms with Crippen LogP contribution in [0.1, 0.15) is 105 Å². The molecule has 0 aromatic heterocycles. The van der Waals surface area contributed by atoms with Crippen LogP contribution in [0.5, 0.6) is 11.5 Å². The molecule has 0 radical (unpaired) electrons. The fourth-order valence-corrected chi connectivity index (χ4v) is 4.22. The molecular weight excluding hydrogens is 407 g/mol. The summed E-state index contributed by atoms with van der Waals surface area (Å²) in [4.78, 5) is 0. The van der Waals surface area contributed by atoms with Gasteiger partial charge in [0.15, 0.2) is 0 Å². The third-order valence-corrected chi connectivity index (χ3v) is 6.00. The van der Waals surface area contributed by atoms with Crippen molar-refractivity contribution in [2.24, 2.45) is 0 Å². The molecule has 0 N–H and O–H groups in total. The molecule has 0 amide bonds. The molecule has 172 valence electrons. The topological polar surface area (TPSA) is 18.5 Å². The first kappa shape index (κ1) is 26.8. The standard InChI is InChI=1S/C29H43O2.Al/c1-26(2,3)20-15-13-16-21(27(4,5)6)24(20)30-19-31-25-22(28(7,8)9)17-14-18-23(25)29(10,11)12;/h13-19H,1-12H3;/q;+2. The minimum absolute atomic E-state index is 0.0408. The molecule has 0 fully saturated rings. The normalized spacial score (nSPS) is 13.5. The SMILES string of the molecule is CC(C)(C)c1cccc(C(C)(C)C)c1O[CH]([Al+2])Oc1c(C(C)(C)C)cccc1C(C)(C)C. The van der Waals surface area contributed by atoms with E-state index >= 15 is 0 Å². The van der Waals surface area contributed by atoms with E-state index in [0.717, 1.165) is 11.5 Å². The molecule has 2 aromatic rings. The molecule has 2 rings (SSSR count). The van der Waals surface area contributed by atoms with Crippen LogP contribution in [-0.4, -0.2) is 21.4 Å². The second-order valence-corrected chi connectivity index (χ2v) is 13.5. The van der Waals surface area contributed by atoms with Crippen LogP contribution in [0.25, 0.3) is 0 Å². The van der Waals surface area contributed by atoms with Crippen molar-refractivity contribution in [1.29, 1.82) is 0 Å². The zero-order chi connectivity index (χ0) is 24.7. The summed E-state index contributed by atoms with van der Waals surface area (Å²) in [6.45, 7) is 26.7. The van der Waals surface area contributed by atoms with Crippen LogP contribution in [0.4, 0.5) is 0 Å². The Morgan fingerprint density at radius 3 is 0.906 bits per heavy atom. The Kier molecular flexibility index (Phi) is 7.61. The van der Waals surface area contributed by atoms with Gasteiger partial charge in [0.2, 0.25) is 0 Å². The van der Waals surface area contributed by atoms with Crippen molar-refractivity contribution in [2.75, 3.05) is 0 Å². The molecule has 0 saturated carbocycles. The molecule has 0 bridgehead atoms. The van der Waals surface area contributed by atoms with Crippen molar-refractivity contribution in [2.45, 2.75) is 110 Å². The van der Waals surface area contributed by atoms with E-state index in [1.807, 2.05) is 0 Å². The number of hydrogen-bond acceptors (Lipinski definition) is 2. The summed E-state index contributed by atoms with van der Waals surface area (Å²) in [5.74, 6) is 1.86. The third-order valence-electron chi connectivity index (χ3n) is 5.73. The Bertz CT molecular complexity index is 790. The Morgan fingerprint density at radius 1 is 0.500 bits per heavy atom. The summed E-state index contributed by atoms with van der Waals surface area (Å²) >= 11 is 2.77. The second-order valence-electron chi connectivity index (χ2n) is 13.0. The van der Waals surface area contributed by atoms with Gasteiger partial charge in [-0.05, 0) is 0 Å². The summed E-state index contributed by atoms with van der Waals surface area (Å²) in [5, 5.41) is -0.510. The van der Waals surface area contributed by atoms with Gasteiger partial charge in [0.05, 0.1) is 0 Å². The van der Waals surface area contributed by atoms with Gasteiger partial charge in [-0.1, -0.05) is 0 Å². The van der Waals surface area contributed by atoms with Crippen molar-refractivity contribution in [3.05, 3.63) is 58.7 Å². The Balaban J connectivity index is 2.57. The van der Waals surface area contributed by atoms with E-state index in [9.17, 15) is 0 Å². The van der Waals surface area contributed by atoms with E-state index in [-0.39, 0.29) is 21.7 Å². The van der Waals surface area contributed by atoms with Crippen LogP contribution in [0, 0.1) is 0 Å². The van der Waals surface area contributed by atoms with Gasteiger partial charge in [-0.25, -0.2) is 0 Å². The van der Waals surface area contributed by atoms with Gasteiger partial charge in [0.1, 0.15) is 0 Å². The maximum absolute atomic E-state index is 6.61. The van der Waals surface area contributed by atoms with Crippen LogP contribution >= 0.6 is 0 Å². The molecule has 0 aliphatic carbocycles. The van der Waals surface area contributed by atoms with E-state index in [0.29, 0.717) is 0 Å². The van der Waals surface area contributed by atoms with E-state index < -0.39 is 5.15 Å². The van der Waals surface area contributed by atoms with E-state index in [4.69, 9.17) is 9.47 Å². The first-order chi connectivity index (χ1) is 14.3. The van der Waals surface area contributed by atoms with Crippen LogP contribution in [-0.2, 0) is 21.7 Å². The zero-order valence-electron chi connectivity index (χ0n) is 22.4. The first-order valence-electron chi connectivity index (χ1n) is 11.7. The Labute approximate surface area is 205 Å². The molecule has 0 aliphatic rings. The van der Waals surface area contributed by atoms with Crippen molar-refractivity contribution in [1.82, 2.24) is 0 Å². The second kappa shape index (κ2) is 9.08. The predicted molar refractivity (Wildman–Crippen MR) is 138 cm³/mol. The number of ether oxygens (including phenoxy) is 2. The van der Waals surface area contributed by atoms with Crippen molar-refractivity contribution >= 4 is 16.3 Å². The Hall–Kier alpha value is -1.43. The number of rotatable bonds is 4. The van der Waals surface area contributed by atoms with E-state index in [1.54, 1.807) is 0 Å². The number of benzene rings is 2.